The van der Waals surface area contributed by atoms with Crippen LogP contribution in [-0.4, -0.2) is 13.4 Å². The Morgan fingerprint density at radius 3 is 3.08 bits per heavy atom. The van der Waals surface area contributed by atoms with Gasteiger partial charge in [-0.05, 0) is 13.0 Å². The first kappa shape index (κ1) is 9.00. The maximum absolute atomic E-state index is 10.5. The van der Waals surface area contributed by atoms with Gasteiger partial charge in [0.1, 0.15) is 12.0 Å². The smallest absolute Gasteiger partial charge is 0.130 e. The van der Waals surface area contributed by atoms with Gasteiger partial charge >= 0.3 is 0 Å². The molecule has 0 aromatic carbocycles. The zero-order valence-corrected chi connectivity index (χ0v) is 7.24. The van der Waals surface area contributed by atoms with Crippen LogP contribution < -0.4 is 0 Å². The van der Waals surface area contributed by atoms with Crippen LogP contribution in [0.15, 0.2) is 16.7 Å². The van der Waals surface area contributed by atoms with Crippen molar-refractivity contribution < 1.29 is 13.9 Å². The van der Waals surface area contributed by atoms with Gasteiger partial charge in [-0.15, -0.1) is 0 Å². The molecule has 1 aromatic rings. The van der Waals surface area contributed by atoms with Crippen molar-refractivity contribution in [1.82, 2.24) is 0 Å². The maximum Gasteiger partial charge on any atom is 0.130 e. The third kappa shape index (κ3) is 1.74. The Balaban J connectivity index is 2.82. The van der Waals surface area contributed by atoms with Crippen LogP contribution in [0.5, 0.6) is 0 Å². The standard InChI is InChI=1S/C9H12O3/c1-7(5-10)9-8(6-11-2)3-4-12-9/h3-5,7H,6H2,1-2H3. The average Bonchev–Trinajstić information content (AvgIpc) is 2.52. The van der Waals surface area contributed by atoms with Crippen molar-refractivity contribution in [2.24, 2.45) is 0 Å². The highest BCUT2D eigenvalue weighted by Crippen LogP contribution is 2.19. The summed E-state index contributed by atoms with van der Waals surface area (Å²) >= 11 is 0. The number of ether oxygens (including phenoxy) is 1. The number of methoxy groups -OCH3 is 1. The van der Waals surface area contributed by atoms with E-state index >= 15 is 0 Å². The summed E-state index contributed by atoms with van der Waals surface area (Å²) in [5.41, 5.74) is 0.942. The molecule has 0 fully saturated rings. The fourth-order valence-electron chi connectivity index (χ4n) is 1.08. The first-order chi connectivity index (χ1) is 5.79. The first-order valence-corrected chi connectivity index (χ1v) is 3.80. The third-order valence-corrected chi connectivity index (χ3v) is 1.70. The predicted octanol–water partition coefficient (Wildman–Crippen LogP) is 1.73. The molecule has 0 bridgehead atoms. The van der Waals surface area contributed by atoms with Crippen molar-refractivity contribution in [1.29, 1.82) is 0 Å². The highest BCUT2D eigenvalue weighted by Gasteiger charge is 2.12. The van der Waals surface area contributed by atoms with Crippen LogP contribution in [0, 0.1) is 0 Å². The molecule has 3 heteroatoms. The molecule has 0 aliphatic carbocycles. The Morgan fingerprint density at radius 2 is 2.50 bits per heavy atom. The summed E-state index contributed by atoms with van der Waals surface area (Å²) in [5, 5.41) is 0. The number of hydrogen-bond acceptors (Lipinski definition) is 3. The average molecular weight is 168 g/mol. The zero-order chi connectivity index (χ0) is 8.97. The molecule has 1 atom stereocenters. The lowest BCUT2D eigenvalue weighted by molar-refractivity contribution is -0.109. The molecule has 1 aromatic heterocycles. The van der Waals surface area contributed by atoms with Crippen LogP contribution >= 0.6 is 0 Å². The minimum Gasteiger partial charge on any atom is -0.468 e. The summed E-state index contributed by atoms with van der Waals surface area (Å²) in [6.07, 6.45) is 2.43. The summed E-state index contributed by atoms with van der Waals surface area (Å²) < 4.78 is 10.1. The SMILES string of the molecule is COCc1ccoc1C(C)C=O. The van der Waals surface area contributed by atoms with Crippen LogP contribution in [0.1, 0.15) is 24.2 Å². The summed E-state index contributed by atoms with van der Waals surface area (Å²) in [7, 11) is 1.61. The van der Waals surface area contributed by atoms with Crippen LogP contribution in [0.25, 0.3) is 0 Å². The number of furan rings is 1. The second kappa shape index (κ2) is 4.07. The topological polar surface area (TPSA) is 39.4 Å². The third-order valence-electron chi connectivity index (χ3n) is 1.70. The molecule has 1 rings (SSSR count). The van der Waals surface area contributed by atoms with E-state index in [-0.39, 0.29) is 5.92 Å². The van der Waals surface area contributed by atoms with Gasteiger partial charge in [0.2, 0.25) is 0 Å². The molecule has 66 valence electrons. The van der Waals surface area contributed by atoms with Gasteiger partial charge in [0, 0.05) is 12.7 Å². The second-order valence-corrected chi connectivity index (χ2v) is 2.67. The molecule has 0 aliphatic rings. The van der Waals surface area contributed by atoms with Crippen LogP contribution in [0.2, 0.25) is 0 Å². The Bertz CT molecular complexity index is 252. The molecule has 0 radical (unpaired) electrons. The molecular weight excluding hydrogens is 156 g/mol. The Morgan fingerprint density at radius 1 is 1.75 bits per heavy atom. The highest BCUT2D eigenvalue weighted by molar-refractivity contribution is 5.60. The van der Waals surface area contributed by atoms with Crippen LogP contribution in [0.3, 0.4) is 0 Å². The lowest BCUT2D eigenvalue weighted by Gasteiger charge is -2.02. The zero-order valence-electron chi connectivity index (χ0n) is 7.24. The fourth-order valence-corrected chi connectivity index (χ4v) is 1.08. The van der Waals surface area contributed by atoms with Crippen molar-refractivity contribution in [2.45, 2.75) is 19.4 Å². The van der Waals surface area contributed by atoms with E-state index in [0.717, 1.165) is 11.8 Å². The van der Waals surface area contributed by atoms with E-state index in [9.17, 15) is 4.79 Å². The molecule has 0 saturated heterocycles. The normalized spacial score (nSPS) is 12.8. The van der Waals surface area contributed by atoms with Gasteiger partial charge in [-0.25, -0.2) is 0 Å². The van der Waals surface area contributed by atoms with Gasteiger partial charge in [-0.1, -0.05) is 0 Å². The Kier molecular flexibility index (Phi) is 3.05. The molecule has 3 nitrogen and oxygen atoms in total. The van der Waals surface area contributed by atoms with Gasteiger partial charge < -0.3 is 13.9 Å². The lowest BCUT2D eigenvalue weighted by atomic mass is 10.1. The van der Waals surface area contributed by atoms with E-state index in [4.69, 9.17) is 9.15 Å². The number of carbonyl (C=O) groups excluding carboxylic acids is 1. The van der Waals surface area contributed by atoms with E-state index in [1.54, 1.807) is 20.3 Å². The molecule has 0 N–H and O–H groups in total. The maximum atomic E-state index is 10.5. The monoisotopic (exact) mass is 168 g/mol. The quantitative estimate of drug-likeness (QED) is 0.643. The number of carbonyl (C=O) groups is 1. The molecule has 0 saturated carbocycles. The van der Waals surface area contributed by atoms with Crippen molar-refractivity contribution in [2.75, 3.05) is 7.11 Å². The second-order valence-electron chi connectivity index (χ2n) is 2.67. The predicted molar refractivity (Wildman–Crippen MR) is 43.9 cm³/mol. The van der Waals surface area contributed by atoms with Gasteiger partial charge in [0.15, 0.2) is 0 Å². The van der Waals surface area contributed by atoms with Crippen molar-refractivity contribution in [3.8, 4) is 0 Å². The number of rotatable bonds is 4. The van der Waals surface area contributed by atoms with Crippen molar-refractivity contribution in [3.05, 3.63) is 23.7 Å². The van der Waals surface area contributed by atoms with Crippen LogP contribution in [-0.2, 0) is 16.1 Å². The highest BCUT2D eigenvalue weighted by atomic mass is 16.5. The van der Waals surface area contributed by atoms with Crippen LogP contribution in [0.4, 0.5) is 0 Å². The molecule has 0 spiro atoms. The molecular formula is C9H12O3. The van der Waals surface area contributed by atoms with Gasteiger partial charge in [-0.2, -0.15) is 0 Å². The largest absolute Gasteiger partial charge is 0.468 e. The molecule has 0 amide bonds. The van der Waals surface area contributed by atoms with E-state index < -0.39 is 0 Å². The molecule has 1 heterocycles. The van der Waals surface area contributed by atoms with E-state index in [1.165, 1.54) is 0 Å². The van der Waals surface area contributed by atoms with Gasteiger partial charge in [-0.3, -0.25) is 0 Å². The summed E-state index contributed by atoms with van der Waals surface area (Å²) in [6, 6.07) is 1.82. The molecule has 1 unspecified atom stereocenters. The van der Waals surface area contributed by atoms with Gasteiger partial charge in [0.05, 0.1) is 18.8 Å². The van der Waals surface area contributed by atoms with Crippen molar-refractivity contribution >= 4 is 6.29 Å². The first-order valence-electron chi connectivity index (χ1n) is 3.80. The minimum atomic E-state index is -0.190. The minimum absolute atomic E-state index is 0.190. The summed E-state index contributed by atoms with van der Waals surface area (Å²) in [4.78, 5) is 10.5. The molecule has 12 heavy (non-hydrogen) atoms. The van der Waals surface area contributed by atoms with Gasteiger partial charge in [0.25, 0.3) is 0 Å². The van der Waals surface area contributed by atoms with E-state index in [2.05, 4.69) is 0 Å². The summed E-state index contributed by atoms with van der Waals surface area (Å²) in [6.45, 7) is 2.29. The van der Waals surface area contributed by atoms with E-state index in [1.807, 2.05) is 6.07 Å². The number of hydrogen-bond donors (Lipinski definition) is 0. The number of aldehydes is 1. The van der Waals surface area contributed by atoms with Crippen molar-refractivity contribution in [3.63, 3.8) is 0 Å². The van der Waals surface area contributed by atoms with E-state index in [0.29, 0.717) is 12.4 Å². The molecule has 0 aliphatic heterocycles. The lowest BCUT2D eigenvalue weighted by Crippen LogP contribution is -1.97. The summed E-state index contributed by atoms with van der Waals surface area (Å²) in [5.74, 6) is 0.511. The fraction of sp³-hybridized carbons (Fsp3) is 0.444. The Labute approximate surface area is 71.3 Å². The Hall–Kier alpha value is -1.09.